The summed E-state index contributed by atoms with van der Waals surface area (Å²) in [6.07, 6.45) is -2.38. The molecule has 1 aromatic heterocycles. The minimum Gasteiger partial charge on any atom is -0.368 e. The number of hydrogen-bond acceptors (Lipinski definition) is 8. The molecule has 1 heterocycles. The Labute approximate surface area is 269 Å². The van der Waals surface area contributed by atoms with Gasteiger partial charge >= 0.3 is 6.18 Å². The van der Waals surface area contributed by atoms with Gasteiger partial charge in [-0.25, -0.2) is 22.3 Å². The van der Waals surface area contributed by atoms with Crippen LogP contribution < -0.4 is 16.0 Å². The number of nitrogens with one attached hydrogen (secondary N) is 3. The quantitative estimate of drug-likeness (QED) is 0.142. The largest absolute Gasteiger partial charge is 0.416 e. The van der Waals surface area contributed by atoms with E-state index in [-0.39, 0.29) is 11.6 Å². The molecule has 0 aliphatic carbocycles. The second-order valence-corrected chi connectivity index (χ2v) is 13.1. The zero-order valence-electron chi connectivity index (χ0n) is 26.1. The number of carbonyl (C=O) groups excluding carboxylic acids is 1. The van der Waals surface area contributed by atoms with Crippen LogP contribution in [0.3, 0.4) is 0 Å². The summed E-state index contributed by atoms with van der Waals surface area (Å²) >= 11 is 0. The lowest BCUT2D eigenvalue weighted by molar-refractivity contribution is -0.137. The number of hydrogen-bond donors (Lipinski definition) is 3. The van der Waals surface area contributed by atoms with E-state index < -0.39 is 51.0 Å². The molecule has 1 amide bonds. The molecule has 9 nitrogen and oxygen atoms in total. The third-order valence-corrected chi connectivity index (χ3v) is 8.70. The van der Waals surface area contributed by atoms with Gasteiger partial charge in [0.2, 0.25) is 11.9 Å². The monoisotopic (exact) mass is 675 g/mol. The minimum absolute atomic E-state index is 0.222. The molecule has 0 aliphatic heterocycles. The molecule has 0 radical (unpaired) electrons. The molecule has 250 valence electrons. The molecule has 3 aromatic carbocycles. The second kappa shape index (κ2) is 14.9. The summed E-state index contributed by atoms with van der Waals surface area (Å²) in [4.78, 5) is 24.0. The van der Waals surface area contributed by atoms with Gasteiger partial charge in [-0.15, -0.1) is 0 Å². The van der Waals surface area contributed by atoms with Gasteiger partial charge < -0.3 is 20.9 Å². The fraction of sp³-hybridized carbons (Fsp3) is 0.281. The van der Waals surface area contributed by atoms with E-state index in [9.17, 15) is 26.6 Å². The van der Waals surface area contributed by atoms with Crippen molar-refractivity contribution < 1.29 is 31.0 Å². The molecule has 0 bridgehead atoms. The molecule has 0 spiro atoms. The van der Waals surface area contributed by atoms with Crippen LogP contribution in [0.5, 0.6) is 0 Å². The Morgan fingerprint density at radius 1 is 1.02 bits per heavy atom. The smallest absolute Gasteiger partial charge is 0.368 e. The predicted octanol–water partition coefficient (Wildman–Crippen LogP) is 6.82. The van der Waals surface area contributed by atoms with Crippen molar-refractivity contribution in [1.82, 2.24) is 14.9 Å². The molecular formula is C32H34F5N7O2S. The average Bonchev–Trinajstić information content (AvgIpc) is 2.99. The highest BCUT2D eigenvalue weighted by Crippen LogP contribution is 2.32. The van der Waals surface area contributed by atoms with Gasteiger partial charge in [-0.3, -0.25) is 4.79 Å². The van der Waals surface area contributed by atoms with Crippen molar-refractivity contribution in [2.24, 2.45) is 4.36 Å². The highest BCUT2D eigenvalue weighted by molar-refractivity contribution is 7.93. The molecule has 4 rings (SSSR count). The minimum atomic E-state index is -4.71. The fourth-order valence-corrected chi connectivity index (χ4v) is 5.80. The van der Waals surface area contributed by atoms with Gasteiger partial charge in [0, 0.05) is 48.2 Å². The van der Waals surface area contributed by atoms with Crippen LogP contribution in [0.25, 0.3) is 11.1 Å². The average molecular weight is 676 g/mol. The van der Waals surface area contributed by atoms with E-state index >= 15 is 4.39 Å². The third kappa shape index (κ3) is 9.45. The van der Waals surface area contributed by atoms with Crippen LogP contribution in [0.4, 0.5) is 45.1 Å². The molecule has 0 aliphatic rings. The zero-order valence-corrected chi connectivity index (χ0v) is 26.9. The van der Waals surface area contributed by atoms with Crippen molar-refractivity contribution in [2.75, 3.05) is 55.9 Å². The number of nitrogens with zero attached hydrogens (tertiary/aromatic N) is 4. The van der Waals surface area contributed by atoms with Crippen LogP contribution in [-0.2, 0) is 27.1 Å². The highest BCUT2D eigenvalue weighted by atomic mass is 32.2. The predicted molar refractivity (Wildman–Crippen MR) is 173 cm³/mol. The van der Waals surface area contributed by atoms with Crippen molar-refractivity contribution in [3.63, 3.8) is 0 Å². The van der Waals surface area contributed by atoms with Crippen LogP contribution in [-0.4, -0.2) is 65.0 Å². The molecule has 47 heavy (non-hydrogen) atoms. The third-order valence-electron chi connectivity index (χ3n) is 6.82. The molecule has 3 N–H and O–H groups in total. The van der Waals surface area contributed by atoms with Gasteiger partial charge in [-0.2, -0.15) is 18.2 Å². The Balaban J connectivity index is 1.57. The normalized spacial score (nSPS) is 12.8. The summed E-state index contributed by atoms with van der Waals surface area (Å²) in [6.45, 7) is 3.37. The topological polar surface area (TPSA) is 112 Å². The maximum absolute atomic E-state index is 15.2. The van der Waals surface area contributed by atoms with Crippen molar-refractivity contribution in [3.8, 4) is 11.1 Å². The van der Waals surface area contributed by atoms with Gasteiger partial charge in [0.25, 0.3) is 0 Å². The Kier molecular flexibility index (Phi) is 11.1. The second-order valence-electron chi connectivity index (χ2n) is 10.8. The molecule has 0 saturated heterocycles. The first kappa shape index (κ1) is 35.2. The van der Waals surface area contributed by atoms with E-state index in [0.717, 1.165) is 6.07 Å². The Bertz CT molecular complexity index is 1880. The van der Waals surface area contributed by atoms with E-state index in [0.29, 0.717) is 65.4 Å². The van der Waals surface area contributed by atoms with Crippen LogP contribution >= 0.6 is 0 Å². The van der Waals surface area contributed by atoms with Gasteiger partial charge in [0.1, 0.15) is 17.5 Å². The van der Waals surface area contributed by atoms with E-state index in [1.165, 1.54) is 18.3 Å². The highest BCUT2D eigenvalue weighted by Gasteiger charge is 2.31. The molecule has 15 heteroatoms. The standard InChI is InChI=1S/C32H34F5N7O2S/c1-5-40-47(4,46)24-8-6-7-23(18-24)41-31-39-19-25(30(43-31)38-13-14-44(2)3)20-9-12-28(27(34)16-20)42-29(45)17-21-15-22(32(35,36)37)10-11-26(21)33/h6-12,15-16,18-19H,5,13-14,17H2,1-4H3,(H,42,45)(H2,38,39,41,43). The summed E-state index contributed by atoms with van der Waals surface area (Å²) in [6, 6.07) is 12.7. The summed E-state index contributed by atoms with van der Waals surface area (Å²) in [5, 5.41) is 8.63. The van der Waals surface area contributed by atoms with Crippen LogP contribution in [0, 0.1) is 11.6 Å². The van der Waals surface area contributed by atoms with Crippen molar-refractivity contribution in [3.05, 3.63) is 89.6 Å². The van der Waals surface area contributed by atoms with E-state index in [2.05, 4.69) is 30.3 Å². The Morgan fingerprint density at radius 2 is 1.79 bits per heavy atom. The van der Waals surface area contributed by atoms with Crippen molar-refractivity contribution >= 4 is 38.8 Å². The molecule has 4 aromatic rings. The van der Waals surface area contributed by atoms with Crippen LogP contribution in [0.1, 0.15) is 18.1 Å². The first-order valence-corrected chi connectivity index (χ1v) is 16.3. The number of benzene rings is 3. The fourth-order valence-electron chi connectivity index (χ4n) is 4.48. The lowest BCUT2D eigenvalue weighted by atomic mass is 10.1. The Hall–Kier alpha value is -4.63. The first-order valence-electron chi connectivity index (χ1n) is 14.4. The number of aromatic nitrogens is 2. The van der Waals surface area contributed by atoms with Crippen molar-refractivity contribution in [2.45, 2.75) is 24.4 Å². The van der Waals surface area contributed by atoms with Crippen LogP contribution in [0.15, 0.2) is 76.1 Å². The summed E-state index contributed by atoms with van der Waals surface area (Å²) in [5.74, 6) is -2.11. The van der Waals surface area contributed by atoms with Gasteiger partial charge in [-0.05, 0) is 80.7 Å². The van der Waals surface area contributed by atoms with Crippen molar-refractivity contribution in [1.29, 1.82) is 0 Å². The maximum Gasteiger partial charge on any atom is 0.416 e. The summed E-state index contributed by atoms with van der Waals surface area (Å²) in [5.41, 5.74) is -0.402. The van der Waals surface area contributed by atoms with E-state index in [1.54, 1.807) is 30.5 Å². The number of anilines is 4. The van der Waals surface area contributed by atoms with Gasteiger partial charge in [-0.1, -0.05) is 12.1 Å². The zero-order chi connectivity index (χ0) is 34.4. The number of amides is 1. The molecule has 1 unspecified atom stereocenters. The van der Waals surface area contributed by atoms with E-state index in [4.69, 9.17) is 0 Å². The molecule has 0 fully saturated rings. The summed E-state index contributed by atoms with van der Waals surface area (Å²) < 4.78 is 85.6. The first-order chi connectivity index (χ1) is 22.2. The van der Waals surface area contributed by atoms with Gasteiger partial charge in [0.05, 0.1) is 27.4 Å². The summed E-state index contributed by atoms with van der Waals surface area (Å²) in [7, 11) is 1.23. The molecule has 0 saturated carbocycles. The molecular weight excluding hydrogens is 641 g/mol. The number of likely N-dealkylation sites (N-methyl/N-ethyl adjacent to an activating group) is 1. The SMILES string of the molecule is CCN=S(C)(=O)c1cccc(Nc2ncc(-c3ccc(NC(=O)Cc4cc(C(F)(F)F)ccc4F)c(F)c3)c(NCCN(C)C)n2)c1. The van der Waals surface area contributed by atoms with Gasteiger partial charge in [0.15, 0.2) is 0 Å². The van der Waals surface area contributed by atoms with E-state index in [1.807, 2.05) is 25.9 Å². The van der Waals surface area contributed by atoms with Crippen LogP contribution in [0.2, 0.25) is 0 Å². The lowest BCUT2D eigenvalue weighted by Crippen LogP contribution is -2.21. The lowest BCUT2D eigenvalue weighted by Gasteiger charge is -2.16. The molecule has 1 atom stereocenters. The number of halogens is 5. The number of alkyl halides is 3. The number of rotatable bonds is 12. The Morgan fingerprint density at radius 3 is 2.47 bits per heavy atom. The number of carbonyl (C=O) groups is 1. The maximum atomic E-state index is 15.2.